The van der Waals surface area contributed by atoms with E-state index in [1.807, 2.05) is 0 Å². The molecule has 0 aliphatic carbocycles. The fourth-order valence-electron chi connectivity index (χ4n) is 0.869. The monoisotopic (exact) mass is 282 g/mol. The maximum Gasteiger partial charge on any atom is 0.294 e. The van der Waals surface area contributed by atoms with Crippen LogP contribution in [0.4, 0.5) is 17.9 Å². The van der Waals surface area contributed by atoms with E-state index in [0.717, 1.165) is 0 Å². The van der Waals surface area contributed by atoms with Gasteiger partial charge in [-0.05, 0) is 0 Å². The average molecular weight is 282 g/mol. The van der Waals surface area contributed by atoms with Gasteiger partial charge in [-0.15, -0.1) is 38.2 Å². The summed E-state index contributed by atoms with van der Waals surface area (Å²) in [4.78, 5) is 26.6. The molecule has 0 aromatic carbocycles. The number of rotatable bonds is 9. The average Bonchev–Trinajstić information content (AvgIpc) is 2.20. The Bertz CT molecular complexity index is 265. The van der Waals surface area contributed by atoms with Crippen LogP contribution in [0.1, 0.15) is 0 Å². The quantitative estimate of drug-likeness (QED) is 0.256. The van der Waals surface area contributed by atoms with E-state index in [-0.39, 0.29) is 0 Å². The van der Waals surface area contributed by atoms with Crippen molar-refractivity contribution in [3.63, 3.8) is 0 Å². The lowest BCUT2D eigenvalue weighted by molar-refractivity contribution is -0.763. The van der Waals surface area contributed by atoms with Gasteiger partial charge in [-0.3, -0.25) is 0 Å². The molecule has 0 radical (unpaired) electrons. The molecule has 2 atom stereocenters. The van der Waals surface area contributed by atoms with Crippen molar-refractivity contribution in [1.29, 1.82) is 0 Å². The molecule has 0 rings (SSSR count). The van der Waals surface area contributed by atoms with Crippen LogP contribution in [0.5, 0.6) is 0 Å². The van der Waals surface area contributed by atoms with Crippen LogP contribution in [0.25, 0.3) is 0 Å². The molecule has 18 heavy (non-hydrogen) atoms. The molecule has 0 bridgehead atoms. The van der Waals surface area contributed by atoms with Crippen LogP contribution in [0.15, 0.2) is 0 Å². The maximum atomic E-state index is 12.2. The van der Waals surface area contributed by atoms with Gasteiger partial charge < -0.3 is 9.68 Å². The molecule has 0 saturated carbocycles. The third-order valence-electron chi connectivity index (χ3n) is 1.65. The van der Waals surface area contributed by atoms with E-state index in [0.29, 0.717) is 0 Å². The molecule has 0 aliphatic heterocycles. The second kappa shape index (κ2) is 7.38. The lowest BCUT2D eigenvalue weighted by atomic mass is 10.1. The van der Waals surface area contributed by atoms with E-state index in [4.69, 9.17) is 0 Å². The van der Waals surface area contributed by atoms with Crippen LogP contribution in [-0.2, 0) is 9.68 Å². The smallest absolute Gasteiger partial charge is 0.294 e. The van der Waals surface area contributed by atoms with E-state index >= 15 is 0 Å². The Kier molecular flexibility index (Phi) is 6.58. The summed E-state index contributed by atoms with van der Waals surface area (Å²) < 4.78 is 48.9. The molecule has 106 valence electrons. The van der Waals surface area contributed by atoms with Gasteiger partial charge >= 0.3 is 0 Å². The molecule has 0 heterocycles. The molecule has 0 N–H and O–H groups in total. The van der Waals surface area contributed by atoms with Crippen LogP contribution in [0.3, 0.4) is 0 Å². The standard InChI is InChI=1S/C4H6F4N4O6/c5-9(6)3(1-17-11(13)14)4(10(7)8)2-18-12(15)16/h3-4H,1-2H2. The normalized spacial score (nSPS) is 14.3. The van der Waals surface area contributed by atoms with Crippen molar-refractivity contribution in [1.82, 2.24) is 10.7 Å². The molecular weight excluding hydrogens is 276 g/mol. The lowest BCUT2D eigenvalue weighted by Gasteiger charge is -2.24. The largest absolute Gasteiger partial charge is 0.312 e. The van der Waals surface area contributed by atoms with Gasteiger partial charge in [-0.2, -0.15) is 0 Å². The molecule has 0 fully saturated rings. The fourth-order valence-corrected chi connectivity index (χ4v) is 0.869. The second-order valence-corrected chi connectivity index (χ2v) is 2.69. The molecule has 0 amide bonds. The first kappa shape index (κ1) is 16.0. The first-order valence-electron chi connectivity index (χ1n) is 4.02. The molecule has 2 unspecified atom stereocenters. The Morgan fingerprint density at radius 1 is 0.889 bits per heavy atom. The van der Waals surface area contributed by atoms with Crippen LogP contribution < -0.4 is 0 Å². The van der Waals surface area contributed by atoms with Crippen molar-refractivity contribution < 1.29 is 37.8 Å². The number of hydrogen-bond donors (Lipinski definition) is 0. The highest BCUT2D eigenvalue weighted by atomic mass is 19.4. The van der Waals surface area contributed by atoms with Crippen molar-refractivity contribution in [2.45, 2.75) is 12.1 Å². The van der Waals surface area contributed by atoms with Crippen molar-refractivity contribution >= 4 is 0 Å². The summed E-state index contributed by atoms with van der Waals surface area (Å²) in [6.07, 6.45) is 0. The highest BCUT2D eigenvalue weighted by Gasteiger charge is 2.36. The lowest BCUT2D eigenvalue weighted by Crippen LogP contribution is -2.47. The number of halogens is 4. The third kappa shape index (κ3) is 5.94. The highest BCUT2D eigenvalue weighted by Crippen LogP contribution is 2.15. The van der Waals surface area contributed by atoms with Crippen molar-refractivity contribution in [3.05, 3.63) is 20.2 Å². The molecular formula is C4H6F4N4O6. The van der Waals surface area contributed by atoms with E-state index < -0.39 is 46.2 Å². The molecule has 0 aromatic rings. The predicted molar refractivity (Wildman–Crippen MR) is 41.6 cm³/mol. The summed E-state index contributed by atoms with van der Waals surface area (Å²) in [6.45, 7) is -2.84. The van der Waals surface area contributed by atoms with Gasteiger partial charge in [0.05, 0.1) is 0 Å². The summed E-state index contributed by atoms with van der Waals surface area (Å²) in [5, 5.41) is 13.0. The zero-order chi connectivity index (χ0) is 14.3. The van der Waals surface area contributed by atoms with Crippen LogP contribution in [0.2, 0.25) is 0 Å². The number of hydrogen-bond acceptors (Lipinski definition) is 8. The summed E-state index contributed by atoms with van der Waals surface area (Å²) in [7, 11) is 0. The fraction of sp³-hybridized carbons (Fsp3) is 1.00. The third-order valence-corrected chi connectivity index (χ3v) is 1.65. The Labute approximate surface area is 95.2 Å². The van der Waals surface area contributed by atoms with E-state index in [1.165, 1.54) is 0 Å². The first-order valence-corrected chi connectivity index (χ1v) is 4.02. The van der Waals surface area contributed by atoms with E-state index in [9.17, 15) is 38.2 Å². The van der Waals surface area contributed by atoms with Crippen LogP contribution in [-0.4, -0.2) is 46.2 Å². The van der Waals surface area contributed by atoms with Gasteiger partial charge in [0.1, 0.15) is 25.3 Å². The Hall–Kier alpha value is -1.96. The van der Waals surface area contributed by atoms with Crippen LogP contribution >= 0.6 is 0 Å². The van der Waals surface area contributed by atoms with E-state index in [2.05, 4.69) is 9.68 Å². The minimum absolute atomic E-state index is 1.42. The van der Waals surface area contributed by atoms with Gasteiger partial charge in [0.2, 0.25) is 0 Å². The predicted octanol–water partition coefficient (Wildman–Crippen LogP) is 0.282. The Morgan fingerprint density at radius 3 is 1.33 bits per heavy atom. The van der Waals surface area contributed by atoms with Crippen molar-refractivity contribution in [3.8, 4) is 0 Å². The molecule has 0 saturated heterocycles. The molecule has 0 spiro atoms. The topological polar surface area (TPSA) is 111 Å². The SMILES string of the molecule is O=[N+]([O-])OCC(C(CO[N+](=O)[O-])N(F)F)N(F)F. The van der Waals surface area contributed by atoms with E-state index in [1.54, 1.807) is 0 Å². The Balaban J connectivity index is 4.65. The molecule has 10 nitrogen and oxygen atoms in total. The van der Waals surface area contributed by atoms with Crippen molar-refractivity contribution in [2.24, 2.45) is 0 Å². The second-order valence-electron chi connectivity index (χ2n) is 2.69. The highest BCUT2D eigenvalue weighted by molar-refractivity contribution is 4.75. The summed E-state index contributed by atoms with van der Waals surface area (Å²) in [6, 6.07) is -4.99. The molecule has 0 aliphatic rings. The Morgan fingerprint density at radius 2 is 1.17 bits per heavy atom. The van der Waals surface area contributed by atoms with Crippen LogP contribution in [0, 0.1) is 20.2 Å². The first-order chi connectivity index (χ1) is 8.25. The minimum Gasteiger partial charge on any atom is -0.312 e. The zero-order valence-electron chi connectivity index (χ0n) is 8.32. The minimum atomic E-state index is -2.50. The zero-order valence-corrected chi connectivity index (χ0v) is 8.32. The number of nitrogens with zero attached hydrogens (tertiary/aromatic N) is 4. The van der Waals surface area contributed by atoms with Gasteiger partial charge in [0.25, 0.3) is 10.2 Å². The maximum absolute atomic E-state index is 12.2. The molecule has 14 heteroatoms. The summed E-state index contributed by atoms with van der Waals surface area (Å²) in [5.74, 6) is 0. The van der Waals surface area contributed by atoms with Gasteiger partial charge in [0.15, 0.2) is 0 Å². The molecule has 0 aromatic heterocycles. The van der Waals surface area contributed by atoms with Crippen molar-refractivity contribution in [2.75, 3.05) is 13.2 Å². The summed E-state index contributed by atoms with van der Waals surface area (Å²) >= 11 is 0. The van der Waals surface area contributed by atoms with Gasteiger partial charge in [-0.25, -0.2) is 0 Å². The van der Waals surface area contributed by atoms with Gasteiger partial charge in [0, 0.05) is 10.7 Å². The van der Waals surface area contributed by atoms with Gasteiger partial charge in [-0.1, -0.05) is 0 Å². The summed E-state index contributed by atoms with van der Waals surface area (Å²) in [5.41, 5.74) is 0.